The van der Waals surface area contributed by atoms with Crippen molar-refractivity contribution in [3.63, 3.8) is 0 Å². The number of fused-ring (bicyclic) bond motifs is 4. The van der Waals surface area contributed by atoms with E-state index in [2.05, 4.69) is 187 Å². The molecule has 0 atom stereocenters. The summed E-state index contributed by atoms with van der Waals surface area (Å²) in [5, 5.41) is 4.87. The Hall–Kier alpha value is -7.17. The van der Waals surface area contributed by atoms with E-state index in [-0.39, 0.29) is 0 Å². The molecular formula is C69H60N4. The number of rotatable bonds is 8. The fraction of sp³-hybridized carbons (Fsp3) is 0.290. The van der Waals surface area contributed by atoms with Crippen molar-refractivity contribution in [2.24, 2.45) is 35.5 Å². The van der Waals surface area contributed by atoms with Crippen molar-refractivity contribution in [2.45, 2.75) is 87.9 Å². The summed E-state index contributed by atoms with van der Waals surface area (Å²) < 4.78 is 2.43. The molecule has 8 aliphatic rings. The average molecular weight is 945 g/mol. The van der Waals surface area contributed by atoms with Gasteiger partial charge in [-0.1, -0.05) is 146 Å². The van der Waals surface area contributed by atoms with Crippen LogP contribution in [-0.2, 0) is 10.8 Å². The van der Waals surface area contributed by atoms with Gasteiger partial charge in [0.15, 0.2) is 17.5 Å². The van der Waals surface area contributed by atoms with E-state index in [0.29, 0.717) is 28.3 Å². The Morgan fingerprint density at radius 2 is 0.849 bits per heavy atom. The minimum absolute atomic E-state index is 0.315. The molecule has 8 aromatic carbocycles. The van der Waals surface area contributed by atoms with Gasteiger partial charge in [-0.15, -0.1) is 0 Å². The summed E-state index contributed by atoms with van der Waals surface area (Å²) in [6.07, 6.45) is 16.9. The average Bonchev–Trinajstić information content (AvgIpc) is 3.76. The van der Waals surface area contributed by atoms with Crippen molar-refractivity contribution in [1.29, 1.82) is 0 Å². The predicted octanol–water partition coefficient (Wildman–Crippen LogP) is 17.4. The van der Waals surface area contributed by atoms with Crippen LogP contribution >= 0.6 is 0 Å². The number of para-hydroxylation sites is 2. The molecule has 8 aliphatic carbocycles. The summed E-state index contributed by atoms with van der Waals surface area (Å²) in [6.45, 7) is 0. The Balaban J connectivity index is 0.896. The van der Waals surface area contributed by atoms with E-state index in [0.717, 1.165) is 74.5 Å². The Labute approximate surface area is 428 Å². The van der Waals surface area contributed by atoms with Crippen molar-refractivity contribution >= 4 is 32.6 Å². The van der Waals surface area contributed by atoms with Gasteiger partial charge in [0.1, 0.15) is 0 Å². The third kappa shape index (κ3) is 6.88. The molecule has 8 saturated carbocycles. The molecule has 0 N–H and O–H groups in total. The number of hydrogen-bond acceptors (Lipinski definition) is 3. The van der Waals surface area contributed by atoms with Crippen molar-refractivity contribution in [3.05, 3.63) is 193 Å². The lowest BCUT2D eigenvalue weighted by atomic mass is 9.48. The molecular weight excluding hydrogens is 885 g/mol. The van der Waals surface area contributed by atoms with Crippen LogP contribution in [0.4, 0.5) is 0 Å². The maximum atomic E-state index is 5.62. The number of benzene rings is 8. The van der Waals surface area contributed by atoms with Gasteiger partial charge in [-0.05, 0) is 204 Å². The van der Waals surface area contributed by atoms with Crippen LogP contribution in [0.1, 0.15) is 88.2 Å². The molecule has 0 aliphatic heterocycles. The zero-order valence-electron chi connectivity index (χ0n) is 41.6. The number of aromatic nitrogens is 4. The minimum Gasteiger partial charge on any atom is -0.308 e. The topological polar surface area (TPSA) is 43.6 Å². The third-order valence-corrected chi connectivity index (χ3v) is 19.5. The van der Waals surface area contributed by atoms with Crippen LogP contribution in [0, 0.1) is 35.5 Å². The highest BCUT2D eigenvalue weighted by Gasteiger charge is 2.52. The zero-order valence-corrected chi connectivity index (χ0v) is 41.6. The van der Waals surface area contributed by atoms with Gasteiger partial charge in [-0.2, -0.15) is 0 Å². The fourth-order valence-corrected chi connectivity index (χ4v) is 17.3. The van der Waals surface area contributed by atoms with E-state index in [1.807, 2.05) is 0 Å². The Morgan fingerprint density at radius 1 is 0.342 bits per heavy atom. The molecule has 2 aromatic heterocycles. The highest BCUT2D eigenvalue weighted by molar-refractivity contribution is 6.15. The summed E-state index contributed by atoms with van der Waals surface area (Å²) in [5.41, 5.74) is 14.9. The van der Waals surface area contributed by atoms with Crippen molar-refractivity contribution in [1.82, 2.24) is 19.5 Å². The maximum Gasteiger partial charge on any atom is 0.166 e. The molecule has 356 valence electrons. The molecule has 18 rings (SSSR count). The molecule has 0 saturated heterocycles. The lowest BCUT2D eigenvalue weighted by Crippen LogP contribution is -2.48. The highest BCUT2D eigenvalue weighted by Crippen LogP contribution is 2.62. The van der Waals surface area contributed by atoms with Gasteiger partial charge < -0.3 is 4.57 Å². The highest BCUT2D eigenvalue weighted by atomic mass is 15.0. The molecule has 8 bridgehead atoms. The molecule has 0 radical (unpaired) electrons. The summed E-state index contributed by atoms with van der Waals surface area (Å²) >= 11 is 0. The third-order valence-electron chi connectivity index (χ3n) is 19.5. The van der Waals surface area contributed by atoms with Gasteiger partial charge in [-0.25, -0.2) is 15.0 Å². The molecule has 4 nitrogen and oxygen atoms in total. The van der Waals surface area contributed by atoms with Gasteiger partial charge in [0.05, 0.1) is 11.0 Å². The molecule has 0 unspecified atom stereocenters. The van der Waals surface area contributed by atoms with Gasteiger partial charge in [0.2, 0.25) is 0 Å². The van der Waals surface area contributed by atoms with Gasteiger partial charge in [-0.3, -0.25) is 0 Å². The standard InChI is InChI=1S/C69H60N4/c1-2-14-57(15-3-1)73-63-19-7-6-17-60(63)61-35-54(49-20-24-55(25-21-49)68-37-43-28-44(38-68)30-45(29-43)39-68)36-62(64(61)73)67-71-65(51-22-26-56(27-23-51)69-40-46-31-47(41-69)33-48(32-46)42-69)70-66(72-67)53-13-8-12-52(34-53)59-18-9-11-50-10-4-5-16-58(50)59/h1-27,34-36,43-48H,28-33,37-42H2. The summed E-state index contributed by atoms with van der Waals surface area (Å²) in [5.74, 6) is 7.46. The molecule has 10 aromatic rings. The van der Waals surface area contributed by atoms with Crippen LogP contribution in [0.3, 0.4) is 0 Å². The first-order chi connectivity index (χ1) is 36.0. The molecule has 0 spiro atoms. The van der Waals surface area contributed by atoms with Crippen molar-refractivity contribution in [3.8, 4) is 62.1 Å². The van der Waals surface area contributed by atoms with Gasteiger partial charge in [0.25, 0.3) is 0 Å². The number of nitrogens with zero attached hydrogens (tertiary/aromatic N) is 4. The SMILES string of the molecule is c1ccc(-n2c3ccccc3c3cc(-c4ccc(C56CC7CC(CC(C7)C5)C6)cc4)cc(-c4nc(-c5ccc(C67CC8CC(CC(C8)C6)C7)cc5)nc(-c5cccc(-c6cccc7ccccc67)c5)n4)c32)cc1. The first kappa shape index (κ1) is 42.3. The largest absolute Gasteiger partial charge is 0.308 e. The van der Waals surface area contributed by atoms with Gasteiger partial charge >= 0.3 is 0 Å². The predicted molar refractivity (Wildman–Crippen MR) is 299 cm³/mol. The Morgan fingerprint density at radius 3 is 1.49 bits per heavy atom. The van der Waals surface area contributed by atoms with Crippen LogP contribution in [0.15, 0.2) is 182 Å². The molecule has 4 heteroatoms. The minimum atomic E-state index is 0.315. The van der Waals surface area contributed by atoms with Crippen molar-refractivity contribution < 1.29 is 0 Å². The van der Waals surface area contributed by atoms with E-state index in [9.17, 15) is 0 Å². The van der Waals surface area contributed by atoms with E-state index < -0.39 is 0 Å². The zero-order chi connectivity index (χ0) is 47.8. The van der Waals surface area contributed by atoms with E-state index >= 15 is 0 Å². The second-order valence-corrected chi connectivity index (χ2v) is 24.1. The second kappa shape index (κ2) is 16.2. The smallest absolute Gasteiger partial charge is 0.166 e. The Kier molecular flexibility index (Phi) is 9.38. The molecule has 73 heavy (non-hydrogen) atoms. The van der Waals surface area contributed by atoms with E-state index in [4.69, 9.17) is 15.0 Å². The fourth-order valence-electron chi connectivity index (χ4n) is 17.3. The number of hydrogen-bond donors (Lipinski definition) is 0. The van der Waals surface area contributed by atoms with Crippen molar-refractivity contribution in [2.75, 3.05) is 0 Å². The van der Waals surface area contributed by atoms with Gasteiger partial charge in [0, 0.05) is 33.2 Å². The summed E-state index contributed by atoms with van der Waals surface area (Å²) in [4.78, 5) is 16.7. The maximum absolute atomic E-state index is 5.62. The lowest BCUT2D eigenvalue weighted by Gasteiger charge is -2.57. The first-order valence-electron chi connectivity index (χ1n) is 27.7. The van der Waals surface area contributed by atoms with Crippen LogP contribution in [0.25, 0.3) is 94.7 Å². The second-order valence-electron chi connectivity index (χ2n) is 24.1. The quantitative estimate of drug-likeness (QED) is 0.152. The molecule has 0 amide bonds. The molecule has 2 heterocycles. The van der Waals surface area contributed by atoms with Crippen LogP contribution in [-0.4, -0.2) is 19.5 Å². The normalized spacial score (nSPS) is 26.6. The van der Waals surface area contributed by atoms with Crippen LogP contribution in [0.5, 0.6) is 0 Å². The molecule has 8 fully saturated rings. The monoisotopic (exact) mass is 944 g/mol. The van der Waals surface area contributed by atoms with E-state index in [1.165, 1.54) is 121 Å². The van der Waals surface area contributed by atoms with Crippen LogP contribution in [0.2, 0.25) is 0 Å². The summed E-state index contributed by atoms with van der Waals surface area (Å²) in [7, 11) is 0. The lowest BCUT2D eigenvalue weighted by molar-refractivity contribution is -0.00530. The Bertz CT molecular complexity index is 3730. The van der Waals surface area contributed by atoms with Crippen LogP contribution < -0.4 is 0 Å². The first-order valence-corrected chi connectivity index (χ1v) is 27.7. The van der Waals surface area contributed by atoms with E-state index in [1.54, 1.807) is 5.56 Å². The summed E-state index contributed by atoms with van der Waals surface area (Å²) in [6, 6.07) is 68.0.